The molecule has 0 saturated carbocycles. The third kappa shape index (κ3) is 5.19. The van der Waals surface area contributed by atoms with E-state index in [0.717, 1.165) is 0 Å². The summed E-state index contributed by atoms with van der Waals surface area (Å²) >= 11 is 0. The zero-order valence-corrected chi connectivity index (χ0v) is 12.8. The number of likely N-dealkylation sites (N-methyl/N-ethyl adjacent to an activating group) is 1. The number of rotatable bonds is 5. The molecule has 0 aliphatic carbocycles. The minimum atomic E-state index is -3.79. The van der Waals surface area contributed by atoms with Crippen LogP contribution in [0.15, 0.2) is 23.1 Å². The molecule has 0 fully saturated rings. The first kappa shape index (κ1) is 17.2. The molecule has 0 atom stereocenters. The second-order valence-electron chi connectivity index (χ2n) is 4.22. The Kier molecular flexibility index (Phi) is 6.37. The number of nitrogens with one attached hydrogen (secondary N) is 2. The maximum Gasteiger partial charge on any atom is 0.241 e. The highest BCUT2D eigenvalue weighted by Gasteiger charge is 2.18. The topological polar surface area (TPSA) is 95.5 Å². The van der Waals surface area contributed by atoms with Crippen LogP contribution in [0.5, 0.6) is 0 Å². The highest BCUT2D eigenvalue weighted by Crippen LogP contribution is 2.16. The molecule has 0 aliphatic rings. The quantitative estimate of drug-likeness (QED) is 0.654. The smallest absolute Gasteiger partial charge is 0.241 e. The Bertz CT molecular complexity index is 672. The first-order chi connectivity index (χ1) is 9.90. The average molecular weight is 310 g/mol. The van der Waals surface area contributed by atoms with Crippen molar-refractivity contribution in [1.29, 1.82) is 0 Å². The van der Waals surface area contributed by atoms with Gasteiger partial charge in [-0.1, -0.05) is 17.9 Å². The largest absolute Gasteiger partial charge is 0.384 e. The van der Waals surface area contributed by atoms with Crippen LogP contribution < -0.4 is 10.0 Å². The standard InChI is InChI=1S/C14H18N2O4S/c1-3-15-14(18)10-16-21(19,20)13-9-12(5-4-8-17)7-6-11(13)2/h6-7,9,16-17H,3,8,10H2,1-2H3,(H,15,18). The van der Waals surface area contributed by atoms with Gasteiger partial charge in [-0.15, -0.1) is 0 Å². The zero-order valence-electron chi connectivity index (χ0n) is 11.9. The lowest BCUT2D eigenvalue weighted by molar-refractivity contribution is -0.119. The minimum Gasteiger partial charge on any atom is -0.384 e. The molecule has 0 bridgehead atoms. The number of aliphatic hydroxyl groups is 1. The lowest BCUT2D eigenvalue weighted by Crippen LogP contribution is -2.36. The SMILES string of the molecule is CCNC(=O)CNS(=O)(=O)c1cc(C#CCO)ccc1C. The van der Waals surface area contributed by atoms with Crippen molar-refractivity contribution < 1.29 is 18.3 Å². The van der Waals surface area contributed by atoms with Crippen LogP contribution in [0.25, 0.3) is 0 Å². The van der Waals surface area contributed by atoms with Crippen molar-refractivity contribution in [1.82, 2.24) is 10.0 Å². The number of carbonyl (C=O) groups is 1. The number of aryl methyl sites for hydroxylation is 1. The average Bonchev–Trinajstić information content (AvgIpc) is 2.44. The van der Waals surface area contributed by atoms with Crippen LogP contribution >= 0.6 is 0 Å². The Morgan fingerprint density at radius 3 is 2.71 bits per heavy atom. The highest BCUT2D eigenvalue weighted by molar-refractivity contribution is 7.89. The summed E-state index contributed by atoms with van der Waals surface area (Å²) in [6.07, 6.45) is 0. The molecule has 0 aromatic heterocycles. The van der Waals surface area contributed by atoms with Crippen molar-refractivity contribution in [2.24, 2.45) is 0 Å². The summed E-state index contributed by atoms with van der Waals surface area (Å²) in [5.41, 5.74) is 1.03. The van der Waals surface area contributed by atoms with Gasteiger partial charge in [0.05, 0.1) is 11.4 Å². The second-order valence-corrected chi connectivity index (χ2v) is 5.95. The number of hydrogen-bond acceptors (Lipinski definition) is 4. The Morgan fingerprint density at radius 1 is 1.38 bits per heavy atom. The van der Waals surface area contributed by atoms with E-state index >= 15 is 0 Å². The third-order valence-corrected chi connectivity index (χ3v) is 4.13. The van der Waals surface area contributed by atoms with E-state index in [9.17, 15) is 13.2 Å². The number of benzene rings is 1. The summed E-state index contributed by atoms with van der Waals surface area (Å²) in [6, 6.07) is 4.71. The van der Waals surface area contributed by atoms with Gasteiger partial charge in [-0.25, -0.2) is 13.1 Å². The molecule has 3 N–H and O–H groups in total. The number of carbonyl (C=O) groups excluding carboxylic acids is 1. The fourth-order valence-corrected chi connectivity index (χ4v) is 2.86. The normalized spacial score (nSPS) is 10.6. The van der Waals surface area contributed by atoms with Gasteiger partial charge in [0.1, 0.15) is 6.61 Å². The van der Waals surface area contributed by atoms with Crippen LogP contribution in [0.1, 0.15) is 18.1 Å². The van der Waals surface area contributed by atoms with E-state index in [4.69, 9.17) is 5.11 Å². The van der Waals surface area contributed by atoms with Crippen LogP contribution in [-0.2, 0) is 14.8 Å². The predicted octanol–water partition coefficient (Wildman–Crippen LogP) is -0.247. The molecule has 0 saturated heterocycles. The van der Waals surface area contributed by atoms with Gasteiger partial charge in [-0.05, 0) is 31.5 Å². The fourth-order valence-electron chi connectivity index (χ4n) is 1.61. The molecule has 1 rings (SSSR count). The van der Waals surface area contributed by atoms with Crippen LogP contribution in [0, 0.1) is 18.8 Å². The molecule has 0 spiro atoms. The molecule has 1 aromatic rings. The maximum atomic E-state index is 12.2. The van der Waals surface area contributed by atoms with E-state index in [1.54, 1.807) is 26.0 Å². The van der Waals surface area contributed by atoms with E-state index in [1.807, 2.05) is 0 Å². The van der Waals surface area contributed by atoms with Gasteiger partial charge in [0.25, 0.3) is 0 Å². The molecule has 6 nitrogen and oxygen atoms in total. The van der Waals surface area contributed by atoms with Gasteiger partial charge < -0.3 is 10.4 Å². The molecule has 21 heavy (non-hydrogen) atoms. The fraction of sp³-hybridized carbons (Fsp3) is 0.357. The van der Waals surface area contributed by atoms with Gasteiger partial charge >= 0.3 is 0 Å². The summed E-state index contributed by atoms with van der Waals surface area (Å²) in [5, 5.41) is 11.2. The molecule has 1 aromatic carbocycles. The number of hydrogen-bond donors (Lipinski definition) is 3. The van der Waals surface area contributed by atoms with Crippen LogP contribution in [-0.4, -0.2) is 39.1 Å². The van der Waals surface area contributed by atoms with E-state index in [-0.39, 0.29) is 18.0 Å². The first-order valence-electron chi connectivity index (χ1n) is 6.37. The summed E-state index contributed by atoms with van der Waals surface area (Å²) in [4.78, 5) is 11.4. The molecule has 1 amide bonds. The summed E-state index contributed by atoms with van der Waals surface area (Å²) < 4.78 is 26.6. The van der Waals surface area contributed by atoms with Gasteiger partial charge in [0.15, 0.2) is 0 Å². The Hall–Kier alpha value is -1.88. The molecule has 0 unspecified atom stereocenters. The molecule has 114 valence electrons. The van der Waals surface area contributed by atoms with Crippen LogP contribution in [0.4, 0.5) is 0 Å². The monoisotopic (exact) mass is 310 g/mol. The van der Waals surface area contributed by atoms with Gasteiger partial charge in [0, 0.05) is 12.1 Å². The molecule has 0 radical (unpaired) electrons. The molecule has 0 heterocycles. The number of amides is 1. The summed E-state index contributed by atoms with van der Waals surface area (Å²) in [6.45, 7) is 3.23. The van der Waals surface area contributed by atoms with Gasteiger partial charge in [-0.2, -0.15) is 0 Å². The van der Waals surface area contributed by atoms with Crippen molar-refractivity contribution in [2.45, 2.75) is 18.7 Å². The number of sulfonamides is 1. The molecule has 0 aliphatic heterocycles. The van der Waals surface area contributed by atoms with Crippen LogP contribution in [0.2, 0.25) is 0 Å². The summed E-state index contributed by atoms with van der Waals surface area (Å²) in [5.74, 6) is 4.71. The minimum absolute atomic E-state index is 0.0662. The van der Waals surface area contributed by atoms with Crippen molar-refractivity contribution in [2.75, 3.05) is 19.7 Å². The molecule has 7 heteroatoms. The van der Waals surface area contributed by atoms with E-state index < -0.39 is 15.9 Å². The first-order valence-corrected chi connectivity index (χ1v) is 7.85. The number of aliphatic hydroxyl groups excluding tert-OH is 1. The third-order valence-electron chi connectivity index (χ3n) is 2.59. The Labute approximate surface area is 124 Å². The molecular formula is C14H18N2O4S. The van der Waals surface area contributed by atoms with E-state index in [1.165, 1.54) is 6.07 Å². The van der Waals surface area contributed by atoms with Crippen molar-refractivity contribution in [3.8, 4) is 11.8 Å². The van der Waals surface area contributed by atoms with E-state index in [2.05, 4.69) is 21.9 Å². The van der Waals surface area contributed by atoms with Crippen molar-refractivity contribution in [3.05, 3.63) is 29.3 Å². The lowest BCUT2D eigenvalue weighted by Gasteiger charge is -2.09. The Morgan fingerprint density at radius 2 is 2.10 bits per heavy atom. The lowest BCUT2D eigenvalue weighted by atomic mass is 10.1. The predicted molar refractivity (Wildman–Crippen MR) is 79.0 cm³/mol. The maximum absolute atomic E-state index is 12.2. The molecular weight excluding hydrogens is 292 g/mol. The summed E-state index contributed by atoms with van der Waals surface area (Å²) in [7, 11) is -3.79. The highest BCUT2D eigenvalue weighted by atomic mass is 32.2. The van der Waals surface area contributed by atoms with Gasteiger partial charge in [-0.3, -0.25) is 4.79 Å². The Balaban J connectivity index is 2.99. The van der Waals surface area contributed by atoms with Crippen molar-refractivity contribution in [3.63, 3.8) is 0 Å². The zero-order chi connectivity index (χ0) is 15.9. The van der Waals surface area contributed by atoms with Gasteiger partial charge in [0.2, 0.25) is 15.9 Å². The van der Waals surface area contributed by atoms with E-state index in [0.29, 0.717) is 17.7 Å². The van der Waals surface area contributed by atoms with Crippen LogP contribution in [0.3, 0.4) is 0 Å². The second kappa shape index (κ2) is 7.78. The van der Waals surface area contributed by atoms with Crippen molar-refractivity contribution >= 4 is 15.9 Å².